The third-order valence-corrected chi connectivity index (χ3v) is 6.70. The Balaban J connectivity index is 1.78. The van der Waals surface area contributed by atoms with Crippen molar-refractivity contribution in [3.63, 3.8) is 0 Å². The maximum atomic E-state index is 13.0. The van der Waals surface area contributed by atoms with Gasteiger partial charge in [0.1, 0.15) is 5.69 Å². The molecule has 2 heterocycles. The van der Waals surface area contributed by atoms with Crippen molar-refractivity contribution in [1.29, 1.82) is 0 Å². The van der Waals surface area contributed by atoms with Crippen molar-refractivity contribution in [3.05, 3.63) is 62.8 Å². The van der Waals surface area contributed by atoms with Gasteiger partial charge in [0.05, 0.1) is 15.1 Å². The number of aromatic amines is 1. The zero-order valence-electron chi connectivity index (χ0n) is 14.8. The average molecular weight is 414 g/mol. The van der Waals surface area contributed by atoms with Crippen LogP contribution in [0.5, 0.6) is 0 Å². The molecule has 138 valence electrons. The largest absolute Gasteiger partial charge is 0.350 e. The monoisotopic (exact) mass is 413 g/mol. The molecule has 0 spiro atoms. The molecule has 0 radical (unpaired) electrons. The van der Waals surface area contributed by atoms with Gasteiger partial charge in [0.2, 0.25) is 0 Å². The summed E-state index contributed by atoms with van der Waals surface area (Å²) < 4.78 is 3.69. The number of H-pyrrole nitrogens is 1. The first-order valence-corrected chi connectivity index (χ1v) is 10.8. The van der Waals surface area contributed by atoms with E-state index in [1.165, 1.54) is 22.9 Å². The molecule has 0 atom stereocenters. The van der Waals surface area contributed by atoms with Crippen molar-refractivity contribution in [2.75, 3.05) is 5.32 Å². The highest BCUT2D eigenvalue weighted by Gasteiger charge is 2.17. The first kappa shape index (κ1) is 18.2. The molecule has 0 saturated carbocycles. The number of nitrogens with zero attached hydrogens (tertiary/aromatic N) is 1. The summed E-state index contributed by atoms with van der Waals surface area (Å²) in [6, 6.07) is 16.1. The van der Waals surface area contributed by atoms with Crippen LogP contribution in [-0.2, 0) is 6.54 Å². The predicted octanol–water partition coefficient (Wildman–Crippen LogP) is 6.39. The molecule has 4 rings (SSSR count). The number of unbranched alkanes of at least 4 members (excludes halogenated alkanes) is 1. The molecule has 0 aliphatic rings. The summed E-state index contributed by atoms with van der Waals surface area (Å²) in [6.45, 7) is 2.89. The lowest BCUT2D eigenvalue weighted by atomic mass is 10.1. The van der Waals surface area contributed by atoms with Crippen LogP contribution in [0.25, 0.3) is 20.7 Å². The Kier molecular flexibility index (Phi) is 5.24. The van der Waals surface area contributed by atoms with Crippen LogP contribution >= 0.6 is 35.1 Å². The van der Waals surface area contributed by atoms with Crippen molar-refractivity contribution >= 4 is 56.7 Å². The van der Waals surface area contributed by atoms with E-state index in [1.807, 2.05) is 52.5 Å². The molecule has 7 heteroatoms. The fraction of sp³-hybridized carbons (Fsp3) is 0.200. The van der Waals surface area contributed by atoms with Gasteiger partial charge in [0.25, 0.3) is 5.56 Å². The van der Waals surface area contributed by atoms with E-state index in [-0.39, 0.29) is 5.56 Å². The molecular weight excluding hydrogens is 394 g/mol. The van der Waals surface area contributed by atoms with Crippen molar-refractivity contribution in [3.8, 4) is 10.4 Å². The van der Waals surface area contributed by atoms with E-state index < -0.39 is 0 Å². The Morgan fingerprint density at radius 2 is 2.00 bits per heavy atom. The van der Waals surface area contributed by atoms with Crippen molar-refractivity contribution in [1.82, 2.24) is 8.94 Å². The van der Waals surface area contributed by atoms with E-state index in [0.29, 0.717) is 5.69 Å². The minimum absolute atomic E-state index is 0.0362. The second kappa shape index (κ2) is 7.80. The number of thiazole rings is 1. The van der Waals surface area contributed by atoms with E-state index >= 15 is 0 Å². The number of fused-ring (bicyclic) bond motifs is 1. The van der Waals surface area contributed by atoms with Crippen LogP contribution in [-0.4, -0.2) is 8.94 Å². The quantitative estimate of drug-likeness (QED) is 0.360. The summed E-state index contributed by atoms with van der Waals surface area (Å²) >= 11 is 8.29. The Morgan fingerprint density at radius 3 is 2.78 bits per heavy atom. The second-order valence-electron chi connectivity index (χ2n) is 6.27. The number of hydrogen-bond donors (Lipinski definition) is 2. The zero-order chi connectivity index (χ0) is 18.8. The van der Waals surface area contributed by atoms with Crippen LogP contribution in [0.2, 0.25) is 0 Å². The molecule has 0 unspecified atom stereocenters. The van der Waals surface area contributed by atoms with Gasteiger partial charge in [-0.2, -0.15) is 0 Å². The molecule has 4 nitrogen and oxygen atoms in total. The summed E-state index contributed by atoms with van der Waals surface area (Å²) in [5, 5.41) is 3.37. The lowest BCUT2D eigenvalue weighted by Gasteiger charge is -2.06. The van der Waals surface area contributed by atoms with Gasteiger partial charge >= 0.3 is 0 Å². The van der Waals surface area contributed by atoms with E-state index in [0.717, 1.165) is 49.7 Å². The van der Waals surface area contributed by atoms with Crippen molar-refractivity contribution in [2.45, 2.75) is 26.3 Å². The van der Waals surface area contributed by atoms with Gasteiger partial charge in [0.15, 0.2) is 3.95 Å². The molecule has 2 aromatic heterocycles. The van der Waals surface area contributed by atoms with E-state index in [1.54, 1.807) is 0 Å². The Hall–Kier alpha value is -2.22. The average Bonchev–Trinajstić information content (AvgIpc) is 3.20. The molecule has 0 fully saturated rings. The molecule has 0 amide bonds. The number of aryl methyl sites for hydroxylation is 1. The standard InChI is InChI=1S/C20H19N3OS3/c1-2-3-11-23-19(24)17(18(27-23)13-7-5-4-6-8-13)21-14-9-10-15-16(12-14)26-20(25)22-15/h4-10,12,21H,2-3,11H2,1H3,(H,22,25). The molecule has 2 aromatic carbocycles. The topological polar surface area (TPSA) is 49.8 Å². The number of aromatic nitrogens is 2. The number of anilines is 2. The molecule has 0 aliphatic carbocycles. The van der Waals surface area contributed by atoms with Crippen LogP contribution in [0.4, 0.5) is 11.4 Å². The van der Waals surface area contributed by atoms with Crippen LogP contribution in [0.3, 0.4) is 0 Å². The number of rotatable bonds is 6. The Bertz CT molecular complexity index is 1180. The highest BCUT2D eigenvalue weighted by Crippen LogP contribution is 2.33. The van der Waals surface area contributed by atoms with Gasteiger partial charge in [-0.15, -0.1) is 11.3 Å². The third kappa shape index (κ3) is 3.76. The van der Waals surface area contributed by atoms with Crippen LogP contribution in [0.15, 0.2) is 53.3 Å². The zero-order valence-corrected chi connectivity index (χ0v) is 17.3. The first-order chi connectivity index (χ1) is 13.2. The lowest BCUT2D eigenvalue weighted by Crippen LogP contribution is -2.15. The number of benzene rings is 2. The summed E-state index contributed by atoms with van der Waals surface area (Å²) in [6.07, 6.45) is 2.05. The molecule has 4 aromatic rings. The lowest BCUT2D eigenvalue weighted by molar-refractivity contribution is 0.659. The highest BCUT2D eigenvalue weighted by molar-refractivity contribution is 7.73. The molecule has 0 bridgehead atoms. The van der Waals surface area contributed by atoms with Crippen LogP contribution in [0, 0.1) is 3.95 Å². The third-order valence-electron chi connectivity index (χ3n) is 4.31. The summed E-state index contributed by atoms with van der Waals surface area (Å²) in [4.78, 5) is 17.2. The van der Waals surface area contributed by atoms with Crippen LogP contribution < -0.4 is 10.9 Å². The smallest absolute Gasteiger partial charge is 0.284 e. The Labute approximate surface area is 170 Å². The molecule has 27 heavy (non-hydrogen) atoms. The summed E-state index contributed by atoms with van der Waals surface area (Å²) in [5.74, 6) is 0. The molecule has 0 aliphatic heterocycles. The SMILES string of the molecule is CCCCn1sc(-c2ccccc2)c(Nc2ccc3[nH]c(=S)sc3c2)c1=O. The van der Waals surface area contributed by atoms with E-state index in [9.17, 15) is 4.79 Å². The van der Waals surface area contributed by atoms with Gasteiger partial charge in [-0.1, -0.05) is 55.2 Å². The maximum Gasteiger partial charge on any atom is 0.284 e. The fourth-order valence-corrected chi connectivity index (χ4v) is 5.17. The predicted molar refractivity (Wildman–Crippen MR) is 119 cm³/mol. The van der Waals surface area contributed by atoms with Crippen LogP contribution in [0.1, 0.15) is 19.8 Å². The summed E-state index contributed by atoms with van der Waals surface area (Å²) in [5.41, 5.74) is 3.64. The number of nitrogens with one attached hydrogen (secondary N) is 2. The van der Waals surface area contributed by atoms with Crippen molar-refractivity contribution in [2.24, 2.45) is 0 Å². The normalized spacial score (nSPS) is 11.1. The van der Waals surface area contributed by atoms with Gasteiger partial charge in [-0.25, -0.2) is 0 Å². The Morgan fingerprint density at radius 1 is 1.19 bits per heavy atom. The van der Waals surface area contributed by atoms with E-state index in [4.69, 9.17) is 12.2 Å². The van der Waals surface area contributed by atoms with Gasteiger partial charge in [-0.05, 0) is 42.4 Å². The second-order valence-corrected chi connectivity index (χ2v) is 9.02. The first-order valence-electron chi connectivity index (χ1n) is 8.85. The maximum absolute atomic E-state index is 13.0. The fourth-order valence-electron chi connectivity index (χ4n) is 2.93. The van der Waals surface area contributed by atoms with Gasteiger partial charge in [-0.3, -0.25) is 8.75 Å². The molecular formula is C20H19N3OS3. The van der Waals surface area contributed by atoms with E-state index in [2.05, 4.69) is 17.2 Å². The number of hydrogen-bond acceptors (Lipinski definition) is 5. The van der Waals surface area contributed by atoms with Gasteiger partial charge in [0, 0.05) is 12.2 Å². The minimum Gasteiger partial charge on any atom is -0.350 e. The molecule has 2 N–H and O–H groups in total. The van der Waals surface area contributed by atoms with Gasteiger partial charge < -0.3 is 10.3 Å². The highest BCUT2D eigenvalue weighted by atomic mass is 32.1. The minimum atomic E-state index is 0.0362. The van der Waals surface area contributed by atoms with Crippen molar-refractivity contribution < 1.29 is 0 Å². The summed E-state index contributed by atoms with van der Waals surface area (Å²) in [7, 11) is 0. The molecule has 0 saturated heterocycles.